The van der Waals surface area contributed by atoms with Gasteiger partial charge in [0.15, 0.2) is 0 Å². The molecule has 0 saturated carbocycles. The van der Waals surface area contributed by atoms with Crippen molar-refractivity contribution in [3.05, 3.63) is 62.6 Å². The molecule has 144 valence electrons. The highest BCUT2D eigenvalue weighted by Gasteiger charge is 2.20. The summed E-state index contributed by atoms with van der Waals surface area (Å²) in [7, 11) is 0. The second kappa shape index (κ2) is 9.26. The van der Waals surface area contributed by atoms with E-state index in [0.717, 1.165) is 32.7 Å². The Morgan fingerprint density at radius 2 is 1.59 bits per heavy atom. The molecule has 0 aromatic heterocycles. The van der Waals surface area contributed by atoms with Crippen LogP contribution in [0.15, 0.2) is 36.4 Å². The number of aryl methyl sites for hydroxylation is 1. The third-order valence-corrected chi connectivity index (χ3v) is 5.81. The zero-order valence-corrected chi connectivity index (χ0v) is 17.4. The molecule has 0 spiro atoms. The van der Waals surface area contributed by atoms with Crippen LogP contribution in [-0.4, -0.2) is 48.4 Å². The van der Waals surface area contributed by atoms with Crippen LogP contribution in [0.2, 0.25) is 15.1 Å². The molecule has 1 amide bonds. The molecule has 0 radical (unpaired) electrons. The van der Waals surface area contributed by atoms with E-state index in [1.807, 2.05) is 0 Å². The first-order valence-corrected chi connectivity index (χ1v) is 9.99. The van der Waals surface area contributed by atoms with Gasteiger partial charge in [0.05, 0.1) is 27.3 Å². The van der Waals surface area contributed by atoms with Crippen LogP contribution in [0.4, 0.5) is 5.69 Å². The second-order valence-electron chi connectivity index (χ2n) is 6.77. The highest BCUT2D eigenvalue weighted by atomic mass is 35.5. The van der Waals surface area contributed by atoms with Crippen molar-refractivity contribution in [3.8, 4) is 0 Å². The summed E-state index contributed by atoms with van der Waals surface area (Å²) in [5.74, 6) is -0.109. The minimum absolute atomic E-state index is 0.109. The smallest absolute Gasteiger partial charge is 0.238 e. The number of carbonyl (C=O) groups excluding carboxylic acids is 1. The van der Waals surface area contributed by atoms with Gasteiger partial charge in [0.25, 0.3) is 0 Å². The van der Waals surface area contributed by atoms with Gasteiger partial charge in [-0.2, -0.15) is 0 Å². The average Bonchev–Trinajstić information content (AvgIpc) is 2.63. The maximum absolute atomic E-state index is 12.3. The molecule has 1 heterocycles. The van der Waals surface area contributed by atoms with Gasteiger partial charge in [-0.15, -0.1) is 0 Å². The Hall–Kier alpha value is -1.30. The normalized spacial score (nSPS) is 15.7. The van der Waals surface area contributed by atoms with Gasteiger partial charge >= 0.3 is 0 Å². The topological polar surface area (TPSA) is 35.6 Å². The summed E-state index contributed by atoms with van der Waals surface area (Å²) in [6.45, 7) is 7.01. The summed E-state index contributed by atoms with van der Waals surface area (Å²) in [5.41, 5.74) is 3.16. The van der Waals surface area contributed by atoms with E-state index >= 15 is 0 Å². The van der Waals surface area contributed by atoms with Gasteiger partial charge in [-0.25, -0.2) is 0 Å². The van der Waals surface area contributed by atoms with Crippen LogP contribution in [0.3, 0.4) is 0 Å². The molecule has 1 fully saturated rings. The number of nitrogens with one attached hydrogen (secondary N) is 1. The van der Waals surface area contributed by atoms with Gasteiger partial charge in [-0.3, -0.25) is 14.6 Å². The molecular formula is C20H22Cl3N3O. The minimum Gasteiger partial charge on any atom is -0.324 e. The number of amides is 1. The quantitative estimate of drug-likeness (QED) is 0.703. The SMILES string of the molecule is Cc1ccccc1CN1CCN(CC(=O)Nc2cc(Cl)c(Cl)cc2Cl)CC1. The van der Waals surface area contributed by atoms with Crippen LogP contribution in [-0.2, 0) is 11.3 Å². The Kier molecular flexibility index (Phi) is 7.01. The van der Waals surface area contributed by atoms with E-state index in [-0.39, 0.29) is 5.91 Å². The molecule has 2 aromatic rings. The van der Waals surface area contributed by atoms with E-state index in [4.69, 9.17) is 34.8 Å². The lowest BCUT2D eigenvalue weighted by atomic mass is 10.1. The van der Waals surface area contributed by atoms with Crippen molar-refractivity contribution in [2.75, 3.05) is 38.0 Å². The molecule has 0 aliphatic carbocycles. The van der Waals surface area contributed by atoms with Crippen LogP contribution in [0.1, 0.15) is 11.1 Å². The summed E-state index contributed by atoms with van der Waals surface area (Å²) in [6.07, 6.45) is 0. The highest BCUT2D eigenvalue weighted by molar-refractivity contribution is 6.44. The molecule has 27 heavy (non-hydrogen) atoms. The minimum atomic E-state index is -0.109. The first-order valence-electron chi connectivity index (χ1n) is 8.86. The van der Waals surface area contributed by atoms with Crippen molar-refractivity contribution in [2.24, 2.45) is 0 Å². The number of piperazine rings is 1. The molecule has 3 rings (SSSR count). The third kappa shape index (κ3) is 5.59. The number of carbonyl (C=O) groups is 1. The van der Waals surface area contributed by atoms with Crippen molar-refractivity contribution < 1.29 is 4.79 Å². The molecule has 2 aromatic carbocycles. The molecule has 7 heteroatoms. The average molecular weight is 427 g/mol. The van der Waals surface area contributed by atoms with Crippen LogP contribution in [0.25, 0.3) is 0 Å². The molecule has 0 unspecified atom stereocenters. The first kappa shape index (κ1) is 20.4. The molecule has 0 atom stereocenters. The van der Waals surface area contributed by atoms with Crippen LogP contribution >= 0.6 is 34.8 Å². The van der Waals surface area contributed by atoms with E-state index in [2.05, 4.69) is 46.3 Å². The zero-order chi connectivity index (χ0) is 19.4. The first-order chi connectivity index (χ1) is 12.9. The number of anilines is 1. The standard InChI is InChI=1S/C20H22Cl3N3O/c1-14-4-2-3-5-15(14)12-25-6-8-26(9-7-25)13-20(27)24-19-11-17(22)16(21)10-18(19)23/h2-5,10-11H,6-9,12-13H2,1H3,(H,24,27). The maximum Gasteiger partial charge on any atom is 0.238 e. The summed E-state index contributed by atoms with van der Waals surface area (Å²) in [4.78, 5) is 16.9. The number of nitrogens with zero attached hydrogens (tertiary/aromatic N) is 2. The Morgan fingerprint density at radius 1 is 0.963 bits per heavy atom. The summed E-state index contributed by atoms with van der Waals surface area (Å²) in [6, 6.07) is 11.6. The number of rotatable bonds is 5. The second-order valence-corrected chi connectivity index (χ2v) is 7.99. The molecule has 0 bridgehead atoms. The molecule has 1 aliphatic rings. The van der Waals surface area contributed by atoms with Crippen molar-refractivity contribution in [3.63, 3.8) is 0 Å². The fourth-order valence-electron chi connectivity index (χ4n) is 3.15. The van der Waals surface area contributed by atoms with E-state index in [9.17, 15) is 4.79 Å². The van der Waals surface area contributed by atoms with Crippen molar-refractivity contribution in [1.82, 2.24) is 9.80 Å². The van der Waals surface area contributed by atoms with Crippen molar-refractivity contribution in [1.29, 1.82) is 0 Å². The Bertz CT molecular complexity index is 820. The van der Waals surface area contributed by atoms with Gasteiger partial charge in [0.2, 0.25) is 5.91 Å². The molecule has 1 saturated heterocycles. The predicted molar refractivity (Wildman–Crippen MR) is 113 cm³/mol. The molecule has 1 aliphatic heterocycles. The highest BCUT2D eigenvalue weighted by Crippen LogP contribution is 2.32. The lowest BCUT2D eigenvalue weighted by Crippen LogP contribution is -2.48. The predicted octanol–water partition coefficient (Wildman–Crippen LogP) is 4.71. The maximum atomic E-state index is 12.3. The van der Waals surface area contributed by atoms with Gasteiger partial charge in [0.1, 0.15) is 0 Å². The fourth-order valence-corrected chi connectivity index (χ4v) is 3.74. The zero-order valence-electron chi connectivity index (χ0n) is 15.1. The Balaban J connectivity index is 1.48. The monoisotopic (exact) mass is 425 g/mol. The lowest BCUT2D eigenvalue weighted by Gasteiger charge is -2.34. The largest absolute Gasteiger partial charge is 0.324 e. The molecule has 1 N–H and O–H groups in total. The summed E-state index contributed by atoms with van der Waals surface area (Å²) < 4.78 is 0. The van der Waals surface area contributed by atoms with Crippen LogP contribution < -0.4 is 5.32 Å². The van der Waals surface area contributed by atoms with Gasteiger partial charge < -0.3 is 5.32 Å². The van der Waals surface area contributed by atoms with Gasteiger partial charge in [-0.05, 0) is 30.2 Å². The molecular weight excluding hydrogens is 405 g/mol. The van der Waals surface area contributed by atoms with Crippen molar-refractivity contribution in [2.45, 2.75) is 13.5 Å². The number of hydrogen-bond donors (Lipinski definition) is 1. The van der Waals surface area contributed by atoms with Gasteiger partial charge in [0, 0.05) is 32.7 Å². The Morgan fingerprint density at radius 3 is 2.30 bits per heavy atom. The van der Waals surface area contributed by atoms with E-state index < -0.39 is 0 Å². The lowest BCUT2D eigenvalue weighted by molar-refractivity contribution is -0.117. The van der Waals surface area contributed by atoms with Crippen LogP contribution in [0.5, 0.6) is 0 Å². The van der Waals surface area contributed by atoms with Crippen LogP contribution in [0, 0.1) is 6.92 Å². The van der Waals surface area contributed by atoms with E-state index in [1.54, 1.807) is 6.07 Å². The Labute approximate surface area is 175 Å². The van der Waals surface area contributed by atoms with Crippen molar-refractivity contribution >= 4 is 46.4 Å². The van der Waals surface area contributed by atoms with E-state index in [0.29, 0.717) is 27.3 Å². The molecule has 4 nitrogen and oxygen atoms in total. The summed E-state index contributed by atoms with van der Waals surface area (Å²) >= 11 is 18.0. The third-order valence-electron chi connectivity index (χ3n) is 4.77. The fraction of sp³-hybridized carbons (Fsp3) is 0.350. The van der Waals surface area contributed by atoms with Gasteiger partial charge in [-0.1, -0.05) is 59.1 Å². The van der Waals surface area contributed by atoms with E-state index in [1.165, 1.54) is 17.2 Å². The number of benzene rings is 2. The number of hydrogen-bond acceptors (Lipinski definition) is 3. The number of halogens is 3. The summed E-state index contributed by atoms with van der Waals surface area (Å²) in [5, 5.41) is 3.92.